The molecule has 0 aliphatic rings. The largest absolute Gasteiger partial charge is 0.310 e. The van der Waals surface area contributed by atoms with Crippen molar-refractivity contribution in [2.45, 2.75) is 26.9 Å². The molecule has 0 atom stereocenters. The molecule has 2 aromatic rings. The van der Waals surface area contributed by atoms with E-state index in [1.54, 1.807) is 12.5 Å². The maximum Gasteiger partial charge on any atom is 0.164 e. The van der Waals surface area contributed by atoms with Crippen molar-refractivity contribution in [3.8, 4) is 0 Å². The molecule has 0 fully saturated rings. The van der Waals surface area contributed by atoms with E-state index >= 15 is 0 Å². The van der Waals surface area contributed by atoms with Crippen LogP contribution in [-0.4, -0.2) is 26.3 Å². The van der Waals surface area contributed by atoms with E-state index < -0.39 is 0 Å². The molecule has 2 rings (SSSR count). The normalized spacial score (nSPS) is 11.2. The van der Waals surface area contributed by atoms with Crippen molar-refractivity contribution >= 4 is 15.9 Å². The van der Waals surface area contributed by atoms with Crippen molar-refractivity contribution < 1.29 is 0 Å². The molecule has 2 heterocycles. The van der Waals surface area contributed by atoms with Crippen LogP contribution in [0.4, 0.5) is 0 Å². The number of rotatable bonds is 6. The Bertz CT molecular complexity index is 506. The molecule has 102 valence electrons. The lowest BCUT2D eigenvalue weighted by Crippen LogP contribution is -2.19. The van der Waals surface area contributed by atoms with E-state index in [1.165, 1.54) is 0 Å². The summed E-state index contributed by atoms with van der Waals surface area (Å²) in [6.45, 7) is 6.68. The van der Waals surface area contributed by atoms with Gasteiger partial charge in [0.25, 0.3) is 0 Å². The van der Waals surface area contributed by atoms with Crippen LogP contribution in [0.25, 0.3) is 0 Å². The first-order chi connectivity index (χ1) is 9.13. The molecular formula is C13H18BrN5. The third kappa shape index (κ3) is 4.72. The number of halogens is 1. The van der Waals surface area contributed by atoms with E-state index in [0.29, 0.717) is 19.0 Å². The van der Waals surface area contributed by atoms with Crippen molar-refractivity contribution in [3.63, 3.8) is 0 Å². The lowest BCUT2D eigenvalue weighted by atomic mass is 10.2. The Balaban J connectivity index is 1.88. The van der Waals surface area contributed by atoms with Crippen LogP contribution in [0, 0.1) is 5.92 Å². The third-order valence-corrected chi connectivity index (χ3v) is 3.00. The van der Waals surface area contributed by atoms with Crippen LogP contribution in [-0.2, 0) is 13.1 Å². The average molecular weight is 324 g/mol. The summed E-state index contributed by atoms with van der Waals surface area (Å²) in [5, 5.41) is 7.74. The second kappa shape index (κ2) is 6.77. The fourth-order valence-corrected chi connectivity index (χ4v) is 1.86. The molecule has 0 radical (unpaired) electrons. The van der Waals surface area contributed by atoms with Crippen molar-refractivity contribution in [2.24, 2.45) is 5.92 Å². The minimum atomic E-state index is 0.633. The molecule has 0 spiro atoms. The summed E-state index contributed by atoms with van der Waals surface area (Å²) >= 11 is 3.37. The van der Waals surface area contributed by atoms with Crippen molar-refractivity contribution in [1.29, 1.82) is 0 Å². The third-order valence-electron chi connectivity index (χ3n) is 2.53. The number of hydrogen-bond donors (Lipinski definition) is 1. The molecule has 0 unspecified atom stereocenters. The number of pyridine rings is 1. The molecule has 0 saturated heterocycles. The zero-order valence-electron chi connectivity index (χ0n) is 11.2. The molecule has 0 aliphatic heterocycles. The first-order valence-electron chi connectivity index (χ1n) is 6.33. The maximum absolute atomic E-state index is 4.42. The quantitative estimate of drug-likeness (QED) is 0.885. The van der Waals surface area contributed by atoms with Crippen LogP contribution in [0.15, 0.2) is 29.1 Å². The molecule has 19 heavy (non-hydrogen) atoms. The summed E-state index contributed by atoms with van der Waals surface area (Å²) in [6.07, 6.45) is 3.54. The monoisotopic (exact) mass is 323 g/mol. The standard InChI is InChI=1S/C13H18BrN5/c1-10(2)5-15-7-13-17-9-19(18-13)8-12-4-3-11(14)6-16-12/h3-4,6,9-10,15H,5,7-8H2,1-2H3. The van der Waals surface area contributed by atoms with Gasteiger partial charge in [-0.1, -0.05) is 13.8 Å². The molecule has 5 nitrogen and oxygen atoms in total. The van der Waals surface area contributed by atoms with Gasteiger partial charge in [0.2, 0.25) is 0 Å². The topological polar surface area (TPSA) is 55.6 Å². The van der Waals surface area contributed by atoms with Crippen LogP contribution >= 0.6 is 15.9 Å². The van der Waals surface area contributed by atoms with Crippen LogP contribution in [0.2, 0.25) is 0 Å². The number of aromatic nitrogens is 4. The van der Waals surface area contributed by atoms with Gasteiger partial charge >= 0.3 is 0 Å². The minimum Gasteiger partial charge on any atom is -0.310 e. The van der Waals surface area contributed by atoms with Crippen LogP contribution in [0.3, 0.4) is 0 Å². The van der Waals surface area contributed by atoms with E-state index in [2.05, 4.69) is 50.2 Å². The summed E-state index contributed by atoms with van der Waals surface area (Å²) in [5.74, 6) is 1.45. The van der Waals surface area contributed by atoms with Crippen LogP contribution in [0.5, 0.6) is 0 Å². The first-order valence-corrected chi connectivity index (χ1v) is 7.12. The average Bonchev–Trinajstić information content (AvgIpc) is 2.79. The van der Waals surface area contributed by atoms with Gasteiger partial charge in [-0.2, -0.15) is 5.10 Å². The molecule has 1 N–H and O–H groups in total. The van der Waals surface area contributed by atoms with Gasteiger partial charge in [0.15, 0.2) is 5.82 Å². The Hall–Kier alpha value is -1.27. The second-order valence-corrected chi connectivity index (χ2v) is 5.77. The smallest absolute Gasteiger partial charge is 0.164 e. The predicted octanol–water partition coefficient (Wildman–Crippen LogP) is 2.23. The van der Waals surface area contributed by atoms with Crippen LogP contribution < -0.4 is 5.32 Å². The van der Waals surface area contributed by atoms with Gasteiger partial charge in [-0.25, -0.2) is 9.67 Å². The van der Waals surface area contributed by atoms with E-state index in [1.807, 2.05) is 16.8 Å². The van der Waals surface area contributed by atoms with E-state index in [0.717, 1.165) is 22.5 Å². The lowest BCUT2D eigenvalue weighted by molar-refractivity contribution is 0.539. The molecule has 0 bridgehead atoms. The summed E-state index contributed by atoms with van der Waals surface area (Å²) in [7, 11) is 0. The van der Waals surface area contributed by atoms with Gasteiger partial charge in [0.1, 0.15) is 6.33 Å². The highest BCUT2D eigenvalue weighted by atomic mass is 79.9. The zero-order chi connectivity index (χ0) is 13.7. The highest BCUT2D eigenvalue weighted by Gasteiger charge is 2.03. The van der Waals surface area contributed by atoms with Gasteiger partial charge in [-0.3, -0.25) is 4.98 Å². The SMILES string of the molecule is CC(C)CNCc1ncn(Cc2ccc(Br)cn2)n1. The Morgan fingerprint density at radius 3 is 2.84 bits per heavy atom. The molecule has 2 aromatic heterocycles. The Labute approximate surface area is 121 Å². The minimum absolute atomic E-state index is 0.633. The Morgan fingerprint density at radius 2 is 2.16 bits per heavy atom. The number of nitrogens with one attached hydrogen (secondary N) is 1. The zero-order valence-corrected chi connectivity index (χ0v) is 12.8. The summed E-state index contributed by atoms with van der Waals surface area (Å²) < 4.78 is 2.79. The van der Waals surface area contributed by atoms with E-state index in [4.69, 9.17) is 0 Å². The van der Waals surface area contributed by atoms with Gasteiger partial charge < -0.3 is 5.32 Å². The molecule has 0 aliphatic carbocycles. The van der Waals surface area contributed by atoms with Crippen molar-refractivity contribution in [1.82, 2.24) is 25.1 Å². The Morgan fingerprint density at radius 1 is 1.32 bits per heavy atom. The summed E-state index contributed by atoms with van der Waals surface area (Å²) in [5.41, 5.74) is 0.967. The molecule has 0 amide bonds. The number of nitrogens with zero attached hydrogens (tertiary/aromatic N) is 4. The second-order valence-electron chi connectivity index (χ2n) is 4.85. The molecule has 6 heteroatoms. The number of hydrogen-bond acceptors (Lipinski definition) is 4. The summed E-state index contributed by atoms with van der Waals surface area (Å²) in [4.78, 5) is 8.60. The lowest BCUT2D eigenvalue weighted by Gasteiger charge is -2.04. The van der Waals surface area contributed by atoms with Gasteiger partial charge in [-0.15, -0.1) is 0 Å². The van der Waals surface area contributed by atoms with Gasteiger partial charge in [0.05, 0.1) is 18.8 Å². The first kappa shape index (κ1) is 14.1. The fraction of sp³-hybridized carbons (Fsp3) is 0.462. The van der Waals surface area contributed by atoms with Gasteiger partial charge in [-0.05, 0) is 40.5 Å². The molecular weight excluding hydrogens is 306 g/mol. The fourth-order valence-electron chi connectivity index (χ4n) is 1.63. The van der Waals surface area contributed by atoms with Crippen molar-refractivity contribution in [2.75, 3.05) is 6.54 Å². The summed E-state index contributed by atoms with van der Waals surface area (Å²) in [6, 6.07) is 3.95. The molecule has 0 saturated carbocycles. The van der Waals surface area contributed by atoms with Gasteiger partial charge in [0, 0.05) is 10.7 Å². The Kier molecular flexibility index (Phi) is 5.04. The van der Waals surface area contributed by atoms with Crippen molar-refractivity contribution in [3.05, 3.63) is 40.6 Å². The van der Waals surface area contributed by atoms with E-state index in [-0.39, 0.29) is 0 Å². The van der Waals surface area contributed by atoms with E-state index in [9.17, 15) is 0 Å². The highest BCUT2D eigenvalue weighted by Crippen LogP contribution is 2.08. The maximum atomic E-state index is 4.42. The highest BCUT2D eigenvalue weighted by molar-refractivity contribution is 9.10. The van der Waals surface area contributed by atoms with Crippen LogP contribution in [0.1, 0.15) is 25.4 Å². The molecule has 0 aromatic carbocycles. The predicted molar refractivity (Wildman–Crippen MR) is 77.6 cm³/mol.